The molecule has 174 valence electrons. The van der Waals surface area contributed by atoms with E-state index in [0.29, 0.717) is 34.2 Å². The van der Waals surface area contributed by atoms with Crippen LogP contribution < -0.4 is 9.64 Å². The number of amides is 1. The Morgan fingerprint density at radius 3 is 2.56 bits per heavy atom. The van der Waals surface area contributed by atoms with Crippen molar-refractivity contribution in [3.63, 3.8) is 0 Å². The van der Waals surface area contributed by atoms with Crippen LogP contribution in [0, 0.1) is 0 Å². The largest absolute Gasteiger partial charge is 0.507 e. The molecule has 8 nitrogen and oxygen atoms in total. The van der Waals surface area contributed by atoms with E-state index in [-0.39, 0.29) is 11.3 Å². The maximum absolute atomic E-state index is 13.2. The number of hydrogen-bond donors (Lipinski definition) is 1. The van der Waals surface area contributed by atoms with Gasteiger partial charge in [-0.25, -0.2) is 9.78 Å². The molecule has 0 saturated carbocycles. The Morgan fingerprint density at radius 2 is 1.91 bits per heavy atom. The van der Waals surface area contributed by atoms with Gasteiger partial charge in [0.15, 0.2) is 5.13 Å². The number of aliphatic hydroxyl groups excluding tert-OH is 1. The first kappa shape index (κ1) is 23.2. The summed E-state index contributed by atoms with van der Waals surface area (Å²) in [6.07, 6.45) is 2.35. The van der Waals surface area contributed by atoms with Crippen LogP contribution in [-0.4, -0.2) is 41.5 Å². The molecule has 1 fully saturated rings. The van der Waals surface area contributed by atoms with Crippen LogP contribution >= 0.6 is 11.3 Å². The van der Waals surface area contributed by atoms with Crippen molar-refractivity contribution < 1.29 is 29.0 Å². The van der Waals surface area contributed by atoms with Gasteiger partial charge in [0.25, 0.3) is 5.78 Å². The molecule has 34 heavy (non-hydrogen) atoms. The Morgan fingerprint density at radius 1 is 1.15 bits per heavy atom. The van der Waals surface area contributed by atoms with Crippen LogP contribution in [0.25, 0.3) is 5.76 Å². The van der Waals surface area contributed by atoms with Crippen LogP contribution in [0.5, 0.6) is 5.75 Å². The molecule has 0 aliphatic carbocycles. The summed E-state index contributed by atoms with van der Waals surface area (Å²) in [6.45, 7) is 2.49. The predicted octanol–water partition coefficient (Wildman–Crippen LogP) is 4.34. The lowest BCUT2D eigenvalue weighted by molar-refractivity contribution is -0.132. The zero-order valence-electron chi connectivity index (χ0n) is 18.6. The van der Waals surface area contributed by atoms with E-state index in [1.807, 2.05) is 6.92 Å². The topological polar surface area (TPSA) is 106 Å². The third-order valence-corrected chi connectivity index (χ3v) is 6.07. The van der Waals surface area contributed by atoms with Crippen LogP contribution in [0.3, 0.4) is 0 Å². The van der Waals surface area contributed by atoms with Crippen molar-refractivity contribution in [2.24, 2.45) is 0 Å². The highest BCUT2D eigenvalue weighted by atomic mass is 32.1. The molecule has 1 saturated heterocycles. The number of methoxy groups -OCH3 is 1. The molecule has 1 N–H and O–H groups in total. The van der Waals surface area contributed by atoms with Crippen LogP contribution in [0.1, 0.15) is 40.9 Å². The van der Waals surface area contributed by atoms with E-state index in [2.05, 4.69) is 4.98 Å². The number of Topliss-reactive ketones (excluding diaryl/α,β-unsaturated/α-hetero) is 1. The van der Waals surface area contributed by atoms with Gasteiger partial charge in [-0.15, -0.1) is 11.3 Å². The normalized spacial score (nSPS) is 17.1. The highest BCUT2D eigenvalue weighted by molar-refractivity contribution is 7.14. The molecule has 1 aliphatic rings. The molecular formula is C25H22N2O6S. The summed E-state index contributed by atoms with van der Waals surface area (Å²) in [4.78, 5) is 43.5. The number of hydrogen-bond acceptors (Lipinski definition) is 8. The number of thiazole rings is 1. The fourth-order valence-corrected chi connectivity index (χ4v) is 4.38. The molecule has 1 unspecified atom stereocenters. The zero-order chi connectivity index (χ0) is 24.2. The molecule has 0 radical (unpaired) electrons. The minimum atomic E-state index is -0.932. The second-order valence-electron chi connectivity index (χ2n) is 7.47. The van der Waals surface area contributed by atoms with Crippen molar-refractivity contribution in [1.29, 1.82) is 0 Å². The third kappa shape index (κ3) is 4.29. The van der Waals surface area contributed by atoms with Crippen LogP contribution in [0.4, 0.5) is 5.13 Å². The monoisotopic (exact) mass is 478 g/mol. The zero-order valence-corrected chi connectivity index (χ0v) is 19.4. The molecule has 4 rings (SSSR count). The summed E-state index contributed by atoms with van der Waals surface area (Å²) in [6, 6.07) is 12.1. The molecular weight excluding hydrogens is 456 g/mol. The summed E-state index contributed by atoms with van der Waals surface area (Å²) in [5.41, 5.74) is 1.13. The number of anilines is 1. The number of aliphatic hydroxyl groups is 1. The summed E-state index contributed by atoms with van der Waals surface area (Å²) in [5, 5.41) is 13.2. The van der Waals surface area contributed by atoms with E-state index < -0.39 is 23.7 Å². The molecule has 1 aromatic heterocycles. The molecule has 3 aromatic rings. The average Bonchev–Trinajstić information content (AvgIpc) is 3.48. The number of carbonyl (C=O) groups excluding carboxylic acids is 3. The minimum absolute atomic E-state index is 0.0707. The smallest absolute Gasteiger partial charge is 0.337 e. The minimum Gasteiger partial charge on any atom is -0.507 e. The van der Waals surface area contributed by atoms with Gasteiger partial charge in [-0.1, -0.05) is 31.2 Å². The number of benzene rings is 2. The van der Waals surface area contributed by atoms with Gasteiger partial charge in [-0.05, 0) is 36.2 Å². The van der Waals surface area contributed by atoms with Gasteiger partial charge in [-0.3, -0.25) is 14.5 Å². The second kappa shape index (κ2) is 9.88. The van der Waals surface area contributed by atoms with Crippen molar-refractivity contribution in [3.05, 3.63) is 82.4 Å². The quantitative estimate of drug-likeness (QED) is 0.233. The Balaban J connectivity index is 1.85. The van der Waals surface area contributed by atoms with Gasteiger partial charge in [0.2, 0.25) is 0 Å². The Bertz CT molecular complexity index is 1250. The third-order valence-electron chi connectivity index (χ3n) is 5.30. The van der Waals surface area contributed by atoms with Crippen molar-refractivity contribution in [2.75, 3.05) is 18.6 Å². The number of esters is 1. The Kier molecular flexibility index (Phi) is 6.74. The molecule has 1 amide bonds. The number of ether oxygens (including phenoxy) is 2. The molecule has 1 aliphatic heterocycles. The summed E-state index contributed by atoms with van der Waals surface area (Å²) in [7, 11) is 1.28. The fraction of sp³-hybridized carbons (Fsp3) is 0.200. The van der Waals surface area contributed by atoms with E-state index in [0.717, 1.165) is 6.42 Å². The maximum Gasteiger partial charge on any atom is 0.337 e. The van der Waals surface area contributed by atoms with Crippen molar-refractivity contribution >= 4 is 39.9 Å². The highest BCUT2D eigenvalue weighted by Gasteiger charge is 2.48. The van der Waals surface area contributed by atoms with Gasteiger partial charge in [0, 0.05) is 17.1 Å². The summed E-state index contributed by atoms with van der Waals surface area (Å²) < 4.78 is 10.4. The van der Waals surface area contributed by atoms with Gasteiger partial charge in [-0.2, -0.15) is 0 Å². The number of ketones is 1. The lowest BCUT2D eigenvalue weighted by atomic mass is 9.94. The van der Waals surface area contributed by atoms with Crippen LogP contribution in [-0.2, 0) is 14.3 Å². The van der Waals surface area contributed by atoms with E-state index in [9.17, 15) is 19.5 Å². The van der Waals surface area contributed by atoms with E-state index in [1.165, 1.54) is 29.5 Å². The molecule has 2 heterocycles. The average molecular weight is 479 g/mol. The number of rotatable bonds is 7. The number of nitrogens with zero attached hydrogens (tertiary/aromatic N) is 2. The molecule has 0 bridgehead atoms. The lowest BCUT2D eigenvalue weighted by Gasteiger charge is -2.23. The first-order valence-electron chi connectivity index (χ1n) is 10.6. The van der Waals surface area contributed by atoms with Crippen molar-refractivity contribution in [1.82, 2.24) is 4.98 Å². The molecule has 9 heteroatoms. The van der Waals surface area contributed by atoms with E-state index in [1.54, 1.807) is 53.9 Å². The Hall–Kier alpha value is -3.98. The highest BCUT2D eigenvalue weighted by Crippen LogP contribution is 2.43. The van der Waals surface area contributed by atoms with Gasteiger partial charge in [0.1, 0.15) is 11.5 Å². The Labute approximate surface area is 200 Å². The molecule has 1 atom stereocenters. The predicted molar refractivity (Wildman–Crippen MR) is 127 cm³/mol. The number of aromatic nitrogens is 1. The second-order valence-corrected chi connectivity index (χ2v) is 8.35. The standard InChI is InChI=1S/C25H22N2O6S/c1-3-12-33-18-6-4-5-17(14-18)21(28)19-20(15-7-9-16(10-8-15)24(31)32-2)27(23(30)22(19)29)25-26-11-13-34-25/h4-11,13-14,20,28H,3,12H2,1-2H3/b21-19+. The lowest BCUT2D eigenvalue weighted by Crippen LogP contribution is -2.29. The van der Waals surface area contributed by atoms with Crippen LogP contribution in [0.2, 0.25) is 0 Å². The van der Waals surface area contributed by atoms with Crippen molar-refractivity contribution in [2.45, 2.75) is 19.4 Å². The van der Waals surface area contributed by atoms with Gasteiger partial charge < -0.3 is 14.6 Å². The van der Waals surface area contributed by atoms with Crippen LogP contribution in [0.15, 0.2) is 65.7 Å². The maximum atomic E-state index is 13.2. The van der Waals surface area contributed by atoms with E-state index in [4.69, 9.17) is 9.47 Å². The van der Waals surface area contributed by atoms with E-state index >= 15 is 0 Å². The number of carbonyl (C=O) groups is 3. The van der Waals surface area contributed by atoms with Gasteiger partial charge in [0.05, 0.1) is 30.9 Å². The SMILES string of the molecule is CCCOc1cccc(/C(O)=C2\C(=O)C(=O)N(c3nccs3)C2c2ccc(C(=O)OC)cc2)c1. The summed E-state index contributed by atoms with van der Waals surface area (Å²) in [5.74, 6) is -1.91. The first-order valence-corrected chi connectivity index (χ1v) is 11.5. The molecule has 2 aromatic carbocycles. The van der Waals surface area contributed by atoms with Crippen molar-refractivity contribution in [3.8, 4) is 5.75 Å². The molecule has 0 spiro atoms. The fourth-order valence-electron chi connectivity index (χ4n) is 3.71. The summed E-state index contributed by atoms with van der Waals surface area (Å²) >= 11 is 1.20. The first-order chi connectivity index (χ1) is 16.5. The van der Waals surface area contributed by atoms with Gasteiger partial charge >= 0.3 is 11.9 Å².